The summed E-state index contributed by atoms with van der Waals surface area (Å²) in [5.41, 5.74) is 0. The molecule has 0 aromatic rings. The highest BCUT2D eigenvalue weighted by Crippen LogP contribution is 2.19. The number of rotatable bonds is 67. The minimum Gasteiger partial charge on any atom is -0.466 e. The summed E-state index contributed by atoms with van der Waals surface area (Å²) in [7, 11) is 0. The standard InChI is InChI=1S/C73H139NO5/c1-3-5-7-9-11-13-15-17-19-34-37-41-45-49-53-57-61-65-71(76)70(69-75)74-72(77)66-62-58-54-50-46-42-38-35-32-30-28-26-24-22-21-23-25-27-29-31-33-36-40-44-48-52-56-60-64-68-79-73(78)67-63-59-55-51-47-43-39-20-18-16-14-12-10-8-6-4-2/h14,16,20-21,23,39,70-71,75-76H,3-13,15,17-19,22,24-38,40-69H2,1-2H3,(H,74,77)/b16-14-,23-21-,39-20-. The van der Waals surface area contributed by atoms with E-state index < -0.39 is 12.1 Å². The Balaban J connectivity index is 3.37. The molecule has 0 saturated carbocycles. The molecule has 0 rings (SSSR count). The molecule has 0 fully saturated rings. The summed E-state index contributed by atoms with van der Waals surface area (Å²) in [6.45, 7) is 4.96. The Kier molecular flexibility index (Phi) is 66.9. The number of ether oxygens (including phenoxy) is 1. The van der Waals surface area contributed by atoms with Crippen LogP contribution in [0.25, 0.3) is 0 Å². The van der Waals surface area contributed by atoms with E-state index >= 15 is 0 Å². The van der Waals surface area contributed by atoms with Gasteiger partial charge in [0.15, 0.2) is 0 Å². The Labute approximate surface area is 494 Å². The van der Waals surface area contributed by atoms with Crippen molar-refractivity contribution in [2.75, 3.05) is 13.2 Å². The predicted octanol–water partition coefficient (Wildman–Crippen LogP) is 23.1. The molecule has 0 aliphatic heterocycles. The molecule has 2 unspecified atom stereocenters. The van der Waals surface area contributed by atoms with Gasteiger partial charge in [-0.15, -0.1) is 0 Å². The minimum atomic E-state index is -0.664. The summed E-state index contributed by atoms with van der Waals surface area (Å²) in [4.78, 5) is 24.6. The van der Waals surface area contributed by atoms with Gasteiger partial charge in [-0.3, -0.25) is 9.59 Å². The number of nitrogens with one attached hydrogen (secondary N) is 1. The molecule has 6 nitrogen and oxygen atoms in total. The van der Waals surface area contributed by atoms with Crippen LogP contribution in [-0.2, 0) is 14.3 Å². The molecule has 0 bridgehead atoms. The van der Waals surface area contributed by atoms with Gasteiger partial charge in [-0.25, -0.2) is 0 Å². The molecular formula is C73H139NO5. The van der Waals surface area contributed by atoms with E-state index in [1.54, 1.807) is 0 Å². The number of allylic oxidation sites excluding steroid dienone is 6. The second-order valence-electron chi connectivity index (χ2n) is 24.6. The molecule has 2 atom stereocenters. The van der Waals surface area contributed by atoms with Crippen LogP contribution >= 0.6 is 0 Å². The van der Waals surface area contributed by atoms with Gasteiger partial charge in [0, 0.05) is 12.8 Å². The van der Waals surface area contributed by atoms with Crippen LogP contribution in [0.5, 0.6) is 0 Å². The largest absolute Gasteiger partial charge is 0.466 e. The Morgan fingerprint density at radius 1 is 0.354 bits per heavy atom. The number of aliphatic hydroxyl groups excluding tert-OH is 2. The Morgan fingerprint density at radius 3 is 0.987 bits per heavy atom. The number of esters is 1. The molecule has 0 aromatic heterocycles. The van der Waals surface area contributed by atoms with Crippen LogP contribution in [0.3, 0.4) is 0 Å². The number of amides is 1. The number of aliphatic hydroxyl groups is 2. The second-order valence-corrected chi connectivity index (χ2v) is 24.6. The van der Waals surface area contributed by atoms with Gasteiger partial charge in [0.1, 0.15) is 0 Å². The zero-order valence-electron chi connectivity index (χ0n) is 53.4. The molecular weight excluding hydrogens is 971 g/mol. The van der Waals surface area contributed by atoms with Crippen molar-refractivity contribution in [2.45, 2.75) is 405 Å². The van der Waals surface area contributed by atoms with Crippen molar-refractivity contribution in [1.82, 2.24) is 5.32 Å². The van der Waals surface area contributed by atoms with Crippen molar-refractivity contribution in [3.8, 4) is 0 Å². The summed E-state index contributed by atoms with van der Waals surface area (Å²) >= 11 is 0. The fourth-order valence-corrected chi connectivity index (χ4v) is 11.2. The van der Waals surface area contributed by atoms with Gasteiger partial charge in [-0.2, -0.15) is 0 Å². The molecule has 0 aliphatic rings. The first-order valence-corrected chi connectivity index (χ1v) is 35.7. The molecule has 1 amide bonds. The van der Waals surface area contributed by atoms with Gasteiger partial charge in [-0.1, -0.05) is 333 Å². The average Bonchev–Trinajstić information content (AvgIpc) is 3.45. The van der Waals surface area contributed by atoms with Crippen LogP contribution < -0.4 is 5.32 Å². The van der Waals surface area contributed by atoms with E-state index in [4.69, 9.17) is 4.74 Å². The highest BCUT2D eigenvalue weighted by atomic mass is 16.5. The minimum absolute atomic E-state index is 0.00345. The first-order valence-electron chi connectivity index (χ1n) is 35.7. The number of hydrogen-bond donors (Lipinski definition) is 3. The van der Waals surface area contributed by atoms with Crippen LogP contribution in [0.1, 0.15) is 393 Å². The Bertz CT molecular complexity index is 1280. The molecule has 0 aromatic carbocycles. The van der Waals surface area contributed by atoms with E-state index in [-0.39, 0.29) is 18.5 Å². The van der Waals surface area contributed by atoms with E-state index in [0.29, 0.717) is 25.9 Å². The Hall–Kier alpha value is -1.92. The summed E-state index contributed by atoms with van der Waals surface area (Å²) in [6, 6.07) is -0.541. The van der Waals surface area contributed by atoms with Crippen LogP contribution in [-0.4, -0.2) is 47.4 Å². The summed E-state index contributed by atoms with van der Waals surface area (Å²) < 4.78 is 5.49. The Morgan fingerprint density at radius 2 is 0.633 bits per heavy atom. The maximum Gasteiger partial charge on any atom is 0.305 e. The molecule has 6 heteroatoms. The average molecular weight is 1110 g/mol. The first kappa shape index (κ1) is 77.1. The number of hydrogen-bond acceptors (Lipinski definition) is 5. The lowest BCUT2D eigenvalue weighted by molar-refractivity contribution is -0.143. The van der Waals surface area contributed by atoms with Gasteiger partial charge in [0.2, 0.25) is 5.91 Å². The lowest BCUT2D eigenvalue weighted by atomic mass is 10.0. The zero-order chi connectivity index (χ0) is 57.1. The molecule has 0 spiro atoms. The summed E-state index contributed by atoms with van der Waals surface area (Å²) in [5, 5.41) is 23.4. The molecule has 0 aliphatic carbocycles. The molecule has 466 valence electrons. The normalized spacial score (nSPS) is 12.7. The zero-order valence-corrected chi connectivity index (χ0v) is 53.4. The van der Waals surface area contributed by atoms with E-state index in [1.807, 2.05) is 0 Å². The van der Waals surface area contributed by atoms with E-state index in [0.717, 1.165) is 51.4 Å². The van der Waals surface area contributed by atoms with Crippen LogP contribution in [0.15, 0.2) is 36.5 Å². The number of carbonyl (C=O) groups is 2. The van der Waals surface area contributed by atoms with E-state index in [1.165, 1.54) is 308 Å². The predicted molar refractivity (Wildman–Crippen MR) is 347 cm³/mol. The first-order chi connectivity index (χ1) is 39.0. The highest BCUT2D eigenvalue weighted by molar-refractivity contribution is 5.76. The van der Waals surface area contributed by atoms with Crippen molar-refractivity contribution < 1.29 is 24.5 Å². The van der Waals surface area contributed by atoms with Gasteiger partial charge in [-0.05, 0) is 83.5 Å². The van der Waals surface area contributed by atoms with Crippen molar-refractivity contribution in [1.29, 1.82) is 0 Å². The van der Waals surface area contributed by atoms with Crippen LogP contribution in [0, 0.1) is 0 Å². The number of carbonyl (C=O) groups excluding carboxylic acids is 2. The molecule has 79 heavy (non-hydrogen) atoms. The van der Waals surface area contributed by atoms with Gasteiger partial charge >= 0.3 is 5.97 Å². The lowest BCUT2D eigenvalue weighted by Crippen LogP contribution is -2.45. The van der Waals surface area contributed by atoms with Crippen molar-refractivity contribution >= 4 is 11.9 Å². The summed E-state index contributed by atoms with van der Waals surface area (Å²) in [5.74, 6) is -0.0276. The fraction of sp³-hybridized carbons (Fsp3) is 0.890. The molecule has 0 heterocycles. The monoisotopic (exact) mass is 1110 g/mol. The van der Waals surface area contributed by atoms with E-state index in [9.17, 15) is 19.8 Å². The van der Waals surface area contributed by atoms with Crippen LogP contribution in [0.2, 0.25) is 0 Å². The topological polar surface area (TPSA) is 95.9 Å². The van der Waals surface area contributed by atoms with Gasteiger partial charge in [0.05, 0.1) is 25.4 Å². The smallest absolute Gasteiger partial charge is 0.305 e. The molecule has 0 radical (unpaired) electrons. The lowest BCUT2D eigenvalue weighted by Gasteiger charge is -2.22. The maximum atomic E-state index is 12.5. The van der Waals surface area contributed by atoms with Crippen LogP contribution in [0.4, 0.5) is 0 Å². The third-order valence-corrected chi connectivity index (χ3v) is 16.7. The van der Waals surface area contributed by atoms with Crippen molar-refractivity contribution in [2.24, 2.45) is 0 Å². The number of unbranched alkanes of at least 4 members (excludes halogenated alkanes) is 50. The van der Waals surface area contributed by atoms with Crippen molar-refractivity contribution in [3.05, 3.63) is 36.5 Å². The maximum absolute atomic E-state index is 12.5. The fourth-order valence-electron chi connectivity index (χ4n) is 11.2. The highest BCUT2D eigenvalue weighted by Gasteiger charge is 2.20. The summed E-state index contributed by atoms with van der Waals surface area (Å²) in [6.07, 6.45) is 87.6. The quantitative estimate of drug-likeness (QED) is 0.0320. The molecule has 0 saturated heterocycles. The second kappa shape index (κ2) is 68.6. The van der Waals surface area contributed by atoms with Crippen molar-refractivity contribution in [3.63, 3.8) is 0 Å². The third kappa shape index (κ3) is 65.1. The SMILES string of the molecule is CCCCCC/C=C\C/C=C\CCCCCCCC(=O)OCCCCCCCCCCCCCC/C=C\CCCCCCCCCCCCCCCC(=O)NC(CO)C(O)CCCCCCCCCCCCCCCCCCC. The molecule has 3 N–H and O–H groups in total. The van der Waals surface area contributed by atoms with Gasteiger partial charge in [0.25, 0.3) is 0 Å². The van der Waals surface area contributed by atoms with E-state index in [2.05, 4.69) is 55.6 Å². The third-order valence-electron chi connectivity index (χ3n) is 16.7. The van der Waals surface area contributed by atoms with Gasteiger partial charge < -0.3 is 20.3 Å².